The van der Waals surface area contributed by atoms with E-state index in [0.29, 0.717) is 12.1 Å². The number of hydrogen-bond acceptors (Lipinski definition) is 4. The Balaban J connectivity index is 1.29. The van der Waals surface area contributed by atoms with Crippen LogP contribution in [0.1, 0.15) is 28.4 Å². The topological polar surface area (TPSA) is 48.5 Å². The Morgan fingerprint density at radius 3 is 2.29 bits per heavy atom. The number of anilines is 2. The quantitative estimate of drug-likeness (QED) is 0.423. The van der Waals surface area contributed by atoms with Crippen molar-refractivity contribution in [3.8, 4) is 0 Å². The Morgan fingerprint density at radius 2 is 1.57 bits per heavy atom. The van der Waals surface area contributed by atoms with Crippen LogP contribution in [0.4, 0.5) is 15.9 Å². The average molecular weight is 469 g/mol. The Morgan fingerprint density at radius 1 is 0.886 bits per heavy atom. The molecule has 1 amide bonds. The zero-order valence-corrected chi connectivity index (χ0v) is 19.9. The number of piperazine rings is 1. The minimum Gasteiger partial charge on any atom is -0.368 e. The number of pyridine rings is 1. The van der Waals surface area contributed by atoms with Crippen molar-refractivity contribution in [3.05, 3.63) is 102 Å². The van der Waals surface area contributed by atoms with Crippen molar-refractivity contribution in [1.82, 2.24) is 10.3 Å². The maximum atomic E-state index is 13.3. The van der Waals surface area contributed by atoms with E-state index >= 15 is 0 Å². The molecule has 4 aromatic rings. The number of amides is 1. The second-order valence-electron chi connectivity index (χ2n) is 8.87. The van der Waals surface area contributed by atoms with E-state index < -0.39 is 0 Å². The summed E-state index contributed by atoms with van der Waals surface area (Å²) in [6.45, 7) is 5.86. The molecule has 0 aliphatic carbocycles. The van der Waals surface area contributed by atoms with Crippen LogP contribution in [0.3, 0.4) is 0 Å². The largest absolute Gasteiger partial charge is 0.368 e. The number of hydrogen-bond donors (Lipinski definition) is 1. The van der Waals surface area contributed by atoms with Crippen LogP contribution in [0.2, 0.25) is 0 Å². The highest BCUT2D eigenvalue weighted by Crippen LogP contribution is 2.27. The number of nitrogens with one attached hydrogen (secondary N) is 1. The minimum atomic E-state index is -0.221. The summed E-state index contributed by atoms with van der Waals surface area (Å²) in [6, 6.07) is 22.8. The maximum absolute atomic E-state index is 13.3. The molecule has 0 atom stereocenters. The summed E-state index contributed by atoms with van der Waals surface area (Å²) in [5.41, 5.74) is 4.02. The maximum Gasteiger partial charge on any atom is 0.251 e. The van der Waals surface area contributed by atoms with Gasteiger partial charge in [0.05, 0.1) is 0 Å². The monoisotopic (exact) mass is 468 g/mol. The highest BCUT2D eigenvalue weighted by molar-refractivity contribution is 6.01. The number of aromatic nitrogens is 1. The van der Waals surface area contributed by atoms with Gasteiger partial charge in [-0.15, -0.1) is 0 Å². The van der Waals surface area contributed by atoms with E-state index in [0.717, 1.165) is 60.4 Å². The second-order valence-corrected chi connectivity index (χ2v) is 8.87. The van der Waals surface area contributed by atoms with Crippen molar-refractivity contribution < 1.29 is 9.18 Å². The number of benzene rings is 3. The lowest BCUT2D eigenvalue weighted by Crippen LogP contribution is -2.46. The molecule has 3 aromatic carbocycles. The molecule has 0 saturated carbocycles. The van der Waals surface area contributed by atoms with E-state index in [-0.39, 0.29) is 11.7 Å². The molecule has 0 radical (unpaired) electrons. The van der Waals surface area contributed by atoms with Crippen molar-refractivity contribution in [2.75, 3.05) is 36.0 Å². The fourth-order valence-corrected chi connectivity index (χ4v) is 4.55. The average Bonchev–Trinajstić information content (AvgIpc) is 2.92. The first-order valence-corrected chi connectivity index (χ1v) is 12.1. The molecular formula is C29H29FN4O. The number of rotatable bonds is 6. The number of carbonyl (C=O) groups excluding carboxylic acids is 1. The molecule has 1 aliphatic heterocycles. The van der Waals surface area contributed by atoms with Gasteiger partial charge in [-0.2, -0.15) is 0 Å². The van der Waals surface area contributed by atoms with Crippen molar-refractivity contribution in [1.29, 1.82) is 0 Å². The summed E-state index contributed by atoms with van der Waals surface area (Å²) in [5.74, 6) is 0.579. The molecule has 1 fully saturated rings. The van der Waals surface area contributed by atoms with E-state index in [4.69, 9.17) is 0 Å². The molecule has 5 nitrogen and oxygen atoms in total. The smallest absolute Gasteiger partial charge is 0.251 e. The molecule has 1 saturated heterocycles. The lowest BCUT2D eigenvalue weighted by molar-refractivity contribution is 0.0951. The SMILES string of the molecule is CCc1ccc(CNC(=O)c2ccc3ccnc(N4CCN(c5ccc(F)cc5)CC4)c3c2)cc1. The minimum absolute atomic E-state index is 0.0950. The molecule has 1 N–H and O–H groups in total. The zero-order chi connectivity index (χ0) is 24.2. The molecule has 178 valence electrons. The Bertz CT molecular complexity index is 1310. The summed E-state index contributed by atoms with van der Waals surface area (Å²) >= 11 is 0. The second kappa shape index (κ2) is 10.1. The molecule has 5 rings (SSSR count). The number of nitrogens with zero attached hydrogens (tertiary/aromatic N) is 3. The molecule has 2 heterocycles. The fourth-order valence-electron chi connectivity index (χ4n) is 4.55. The van der Waals surface area contributed by atoms with Crippen molar-refractivity contribution >= 4 is 28.2 Å². The highest BCUT2D eigenvalue weighted by atomic mass is 19.1. The van der Waals surface area contributed by atoms with Crippen LogP contribution in [-0.2, 0) is 13.0 Å². The number of halogens is 1. The third-order valence-electron chi connectivity index (χ3n) is 6.66. The third-order valence-corrected chi connectivity index (χ3v) is 6.66. The summed E-state index contributed by atoms with van der Waals surface area (Å²) in [4.78, 5) is 22.1. The summed E-state index contributed by atoms with van der Waals surface area (Å²) in [6.07, 6.45) is 2.82. The van der Waals surface area contributed by atoms with Crippen molar-refractivity contribution in [3.63, 3.8) is 0 Å². The van der Waals surface area contributed by atoms with Crippen LogP contribution >= 0.6 is 0 Å². The molecule has 6 heteroatoms. The summed E-state index contributed by atoms with van der Waals surface area (Å²) < 4.78 is 13.3. The fraction of sp³-hybridized carbons (Fsp3) is 0.241. The molecule has 0 spiro atoms. The normalized spacial score (nSPS) is 13.8. The first-order valence-electron chi connectivity index (χ1n) is 12.1. The Kier molecular flexibility index (Phi) is 6.62. The van der Waals surface area contributed by atoms with Gasteiger partial charge in [0.25, 0.3) is 5.91 Å². The zero-order valence-electron chi connectivity index (χ0n) is 19.9. The first kappa shape index (κ1) is 22.8. The Hall–Kier alpha value is -3.93. The van der Waals surface area contributed by atoms with Gasteiger partial charge in [0.1, 0.15) is 11.6 Å². The first-order chi connectivity index (χ1) is 17.1. The number of aryl methyl sites for hydroxylation is 1. The van der Waals surface area contributed by atoms with E-state index in [9.17, 15) is 9.18 Å². The van der Waals surface area contributed by atoms with Gasteiger partial charge in [-0.25, -0.2) is 9.37 Å². The van der Waals surface area contributed by atoms with Crippen LogP contribution in [0.5, 0.6) is 0 Å². The van der Waals surface area contributed by atoms with E-state index in [1.807, 2.05) is 42.6 Å². The molecule has 1 aliphatic rings. The summed E-state index contributed by atoms with van der Waals surface area (Å²) in [5, 5.41) is 5.07. The van der Waals surface area contributed by atoms with Crippen molar-refractivity contribution in [2.24, 2.45) is 0 Å². The van der Waals surface area contributed by atoms with E-state index in [2.05, 4.69) is 51.3 Å². The van der Waals surface area contributed by atoms with Crippen LogP contribution in [-0.4, -0.2) is 37.1 Å². The predicted molar refractivity (Wildman–Crippen MR) is 140 cm³/mol. The molecule has 35 heavy (non-hydrogen) atoms. The van der Waals surface area contributed by atoms with Crippen LogP contribution < -0.4 is 15.1 Å². The van der Waals surface area contributed by atoms with Crippen LogP contribution in [0.15, 0.2) is 79.0 Å². The number of carbonyl (C=O) groups is 1. The number of fused-ring (bicyclic) bond motifs is 1. The molecular weight excluding hydrogens is 439 g/mol. The molecule has 0 unspecified atom stereocenters. The van der Waals surface area contributed by atoms with Gasteiger partial charge in [0, 0.05) is 55.6 Å². The Labute approximate surface area is 205 Å². The van der Waals surface area contributed by atoms with Gasteiger partial charge in [-0.1, -0.05) is 37.3 Å². The van der Waals surface area contributed by atoms with Crippen LogP contribution in [0, 0.1) is 5.82 Å². The van der Waals surface area contributed by atoms with E-state index in [1.54, 1.807) is 0 Å². The standard InChI is InChI=1S/C29H29FN4O/c1-2-21-3-5-22(6-4-21)20-32-29(35)24-8-7-23-13-14-31-28(27(23)19-24)34-17-15-33(16-18-34)26-11-9-25(30)10-12-26/h3-14,19H,2,15-18,20H2,1H3,(H,32,35). The lowest BCUT2D eigenvalue weighted by atomic mass is 10.1. The lowest BCUT2D eigenvalue weighted by Gasteiger charge is -2.37. The van der Waals surface area contributed by atoms with E-state index in [1.165, 1.54) is 17.7 Å². The third kappa shape index (κ3) is 5.11. The van der Waals surface area contributed by atoms with Gasteiger partial charge in [-0.05, 0) is 65.4 Å². The molecule has 1 aromatic heterocycles. The highest BCUT2D eigenvalue weighted by Gasteiger charge is 2.20. The van der Waals surface area contributed by atoms with Crippen LogP contribution in [0.25, 0.3) is 10.8 Å². The van der Waals surface area contributed by atoms with Gasteiger partial charge in [-0.3, -0.25) is 4.79 Å². The van der Waals surface area contributed by atoms with Crippen molar-refractivity contribution in [2.45, 2.75) is 19.9 Å². The van der Waals surface area contributed by atoms with Gasteiger partial charge in [0.15, 0.2) is 0 Å². The van der Waals surface area contributed by atoms with Gasteiger partial charge < -0.3 is 15.1 Å². The summed E-state index contributed by atoms with van der Waals surface area (Å²) in [7, 11) is 0. The van der Waals surface area contributed by atoms with Gasteiger partial charge >= 0.3 is 0 Å². The van der Waals surface area contributed by atoms with Gasteiger partial charge in [0.2, 0.25) is 0 Å². The molecule has 0 bridgehead atoms. The predicted octanol–water partition coefficient (Wildman–Crippen LogP) is 5.19.